The van der Waals surface area contributed by atoms with Crippen molar-refractivity contribution in [3.63, 3.8) is 0 Å². The molecule has 9 heteroatoms. The Balaban J connectivity index is 1.16. The van der Waals surface area contributed by atoms with Gasteiger partial charge in [-0.2, -0.15) is 26.3 Å². The highest BCUT2D eigenvalue weighted by molar-refractivity contribution is 5.87. The van der Waals surface area contributed by atoms with Gasteiger partial charge in [0.15, 0.2) is 6.23 Å². The Bertz CT molecular complexity index is 2720. The lowest BCUT2D eigenvalue weighted by Crippen LogP contribution is -2.35. The molecule has 0 radical (unpaired) electrons. The van der Waals surface area contributed by atoms with E-state index in [-0.39, 0.29) is 17.8 Å². The molecule has 1 unspecified atom stereocenters. The van der Waals surface area contributed by atoms with E-state index in [1.54, 1.807) is 20.8 Å². The molecule has 1 N–H and O–H groups in total. The lowest BCUT2D eigenvalue weighted by molar-refractivity contribution is -0.139. The topological polar surface area (TPSA) is 26.7 Å². The van der Waals surface area contributed by atoms with Crippen LogP contribution in [0.15, 0.2) is 128 Å². The van der Waals surface area contributed by atoms with E-state index in [2.05, 4.69) is 74.7 Å². The van der Waals surface area contributed by atoms with Crippen molar-refractivity contribution in [3.05, 3.63) is 189 Å². The number of hydrogen-bond donors (Lipinski definition) is 1. The largest absolute Gasteiger partial charge is 0.417 e. The molecule has 1 atom stereocenters. The molecule has 3 nitrogen and oxygen atoms in total. The average Bonchev–Trinajstić information content (AvgIpc) is 3.83. The van der Waals surface area contributed by atoms with E-state index in [0.717, 1.165) is 81.0 Å². The Morgan fingerprint density at radius 2 is 1.13 bits per heavy atom. The quantitative estimate of drug-likeness (QED) is 0.179. The normalized spacial score (nSPS) is 17.1. The number of rotatable bonds is 4. The van der Waals surface area contributed by atoms with Crippen LogP contribution in [-0.4, -0.2) is 15.5 Å². The molecule has 2 heterocycles. The zero-order valence-electron chi connectivity index (χ0n) is 34.9. The molecule has 312 valence electrons. The van der Waals surface area contributed by atoms with E-state index >= 15 is 0 Å². The molecule has 0 spiro atoms. The van der Waals surface area contributed by atoms with Crippen LogP contribution in [0, 0.1) is 0 Å². The van der Waals surface area contributed by atoms with Crippen LogP contribution in [0.4, 0.5) is 32.0 Å². The Labute approximate surface area is 352 Å². The van der Waals surface area contributed by atoms with Crippen molar-refractivity contribution >= 4 is 11.4 Å². The molecule has 9 rings (SSSR count). The van der Waals surface area contributed by atoms with E-state index in [1.165, 1.54) is 22.6 Å². The Hall–Kier alpha value is -5.80. The molecule has 0 saturated heterocycles. The van der Waals surface area contributed by atoms with Crippen molar-refractivity contribution in [1.29, 1.82) is 0 Å². The van der Waals surface area contributed by atoms with Crippen LogP contribution >= 0.6 is 0 Å². The van der Waals surface area contributed by atoms with E-state index in [0.29, 0.717) is 11.1 Å². The van der Waals surface area contributed by atoms with Crippen molar-refractivity contribution in [3.8, 4) is 22.3 Å². The van der Waals surface area contributed by atoms with Crippen LogP contribution < -0.4 is 4.90 Å². The molecule has 61 heavy (non-hydrogen) atoms. The molecule has 6 aromatic carbocycles. The minimum absolute atomic E-state index is 0.0352. The van der Waals surface area contributed by atoms with E-state index in [9.17, 15) is 31.4 Å². The van der Waals surface area contributed by atoms with Gasteiger partial charge in [-0.05, 0) is 112 Å². The first-order valence-corrected chi connectivity index (χ1v) is 20.4. The van der Waals surface area contributed by atoms with Gasteiger partial charge in [-0.1, -0.05) is 124 Å². The summed E-state index contributed by atoms with van der Waals surface area (Å²) in [7, 11) is 0. The maximum Gasteiger partial charge on any atom is 0.417 e. The number of aliphatic hydroxyl groups excluding tert-OH is 1. The van der Waals surface area contributed by atoms with Crippen LogP contribution in [-0.2, 0) is 36.3 Å². The van der Waals surface area contributed by atoms with E-state index < -0.39 is 51.7 Å². The number of benzene rings is 6. The van der Waals surface area contributed by atoms with Crippen LogP contribution in [0.25, 0.3) is 28.0 Å². The zero-order chi connectivity index (χ0) is 43.6. The summed E-state index contributed by atoms with van der Waals surface area (Å²) in [5.74, 6) is 0. The smallest absolute Gasteiger partial charge is 0.369 e. The first kappa shape index (κ1) is 40.6. The van der Waals surface area contributed by atoms with Gasteiger partial charge in [-0.25, -0.2) is 0 Å². The molecular weight excluding hydrogens is 783 g/mol. The third kappa shape index (κ3) is 6.38. The van der Waals surface area contributed by atoms with Crippen molar-refractivity contribution in [2.75, 3.05) is 4.90 Å². The van der Waals surface area contributed by atoms with Gasteiger partial charge in [0.25, 0.3) is 0 Å². The summed E-state index contributed by atoms with van der Waals surface area (Å²) >= 11 is 0. The number of aliphatic hydroxyl groups is 1. The number of halogens is 6. The van der Waals surface area contributed by atoms with Crippen LogP contribution in [0.5, 0.6) is 0 Å². The number of nitrogens with zero attached hydrogens (tertiary/aromatic N) is 2. The SMILES string of the molecule is C=C1c2cc(C3(c4ccc5c(c4)CN(c4ccc(-c6ccc(C(C)(C)C)cc6C(F)(F)F)c(C(F)(F)F)c4)C5O)c4ccccc4-c4ccccc43)ccc2CN1C(C)(C)C. The summed E-state index contributed by atoms with van der Waals surface area (Å²) in [6.07, 6.45) is -11.2. The summed E-state index contributed by atoms with van der Waals surface area (Å²) in [6.45, 7) is 17.1. The number of fused-ring (bicyclic) bond motifs is 5. The minimum Gasteiger partial charge on any atom is -0.369 e. The predicted octanol–water partition coefficient (Wildman–Crippen LogP) is 13.6. The maximum atomic E-state index is 14.9. The lowest BCUT2D eigenvalue weighted by atomic mass is 9.67. The van der Waals surface area contributed by atoms with Crippen molar-refractivity contribution in [1.82, 2.24) is 4.90 Å². The highest BCUT2D eigenvalue weighted by Crippen LogP contribution is 2.57. The fraction of sp³-hybridized carbons (Fsp3) is 0.269. The van der Waals surface area contributed by atoms with Crippen molar-refractivity contribution in [2.24, 2.45) is 0 Å². The minimum atomic E-state index is -5.00. The average molecular weight is 829 g/mol. The number of anilines is 1. The summed E-state index contributed by atoms with van der Waals surface area (Å²) < 4.78 is 88.4. The maximum absolute atomic E-state index is 14.9. The first-order chi connectivity index (χ1) is 28.6. The fourth-order valence-electron chi connectivity index (χ4n) is 9.85. The van der Waals surface area contributed by atoms with E-state index in [4.69, 9.17) is 0 Å². The second kappa shape index (κ2) is 13.6. The molecule has 0 bridgehead atoms. The van der Waals surface area contributed by atoms with Gasteiger partial charge in [-0.15, -0.1) is 0 Å². The Morgan fingerprint density at radius 3 is 1.72 bits per heavy atom. The van der Waals surface area contributed by atoms with Crippen molar-refractivity contribution < 1.29 is 31.4 Å². The molecule has 3 aliphatic rings. The lowest BCUT2D eigenvalue weighted by Gasteiger charge is -2.35. The van der Waals surface area contributed by atoms with Crippen LogP contribution in [0.3, 0.4) is 0 Å². The van der Waals surface area contributed by atoms with Gasteiger partial charge in [0.05, 0.1) is 16.5 Å². The molecule has 2 aliphatic heterocycles. The number of alkyl halides is 6. The monoisotopic (exact) mass is 828 g/mol. The van der Waals surface area contributed by atoms with Gasteiger partial charge < -0.3 is 14.9 Å². The highest BCUT2D eigenvalue weighted by Gasteiger charge is 2.48. The molecule has 1 aliphatic carbocycles. The van der Waals surface area contributed by atoms with Gasteiger partial charge in [-0.3, -0.25) is 0 Å². The molecule has 0 saturated carbocycles. The summed E-state index contributed by atoms with van der Waals surface area (Å²) in [4.78, 5) is 3.77. The van der Waals surface area contributed by atoms with Crippen molar-refractivity contribution in [2.45, 2.75) is 89.6 Å². The molecule has 0 amide bonds. The third-order valence-corrected chi connectivity index (χ3v) is 12.9. The second-order valence-electron chi connectivity index (χ2n) is 18.6. The van der Waals surface area contributed by atoms with Crippen LogP contribution in [0.1, 0.15) is 109 Å². The number of hydrogen-bond acceptors (Lipinski definition) is 3. The van der Waals surface area contributed by atoms with Gasteiger partial charge in [0, 0.05) is 41.1 Å². The standard InChI is InChI=1S/C52H46F6N2O/c1-30-42-25-35(17-16-31(42)29-60(30)49(5,6)7)50(43-14-10-8-12-38(43)39-13-9-11-15-44(39)50)34-19-21-37-32(24-34)28-59(47(37)61)36-20-23-41(46(27-36)52(56,57)58)40-22-18-33(48(2,3)4)26-45(40)51(53,54)55/h8-27,47,61H,1,28-29H2,2-7H3. The molecule has 0 fully saturated rings. The molecular formula is C52H46F6N2O. The highest BCUT2D eigenvalue weighted by atomic mass is 19.4. The Morgan fingerprint density at radius 1 is 0.574 bits per heavy atom. The van der Waals surface area contributed by atoms with Gasteiger partial charge in [0.2, 0.25) is 0 Å². The zero-order valence-corrected chi connectivity index (χ0v) is 34.9. The van der Waals surface area contributed by atoms with E-state index in [1.807, 2.05) is 42.5 Å². The predicted molar refractivity (Wildman–Crippen MR) is 230 cm³/mol. The van der Waals surface area contributed by atoms with Gasteiger partial charge >= 0.3 is 12.4 Å². The molecule has 6 aromatic rings. The Kier molecular flexibility index (Phi) is 9.05. The third-order valence-electron chi connectivity index (χ3n) is 12.9. The van der Waals surface area contributed by atoms with Gasteiger partial charge in [0.1, 0.15) is 0 Å². The second-order valence-corrected chi connectivity index (χ2v) is 18.6. The summed E-state index contributed by atoms with van der Waals surface area (Å²) in [6, 6.07) is 36.0. The summed E-state index contributed by atoms with van der Waals surface area (Å²) in [5, 5.41) is 11.8. The fourth-order valence-corrected chi connectivity index (χ4v) is 9.85. The molecule has 0 aromatic heterocycles. The summed E-state index contributed by atoms with van der Waals surface area (Å²) in [5.41, 5.74) is 6.10. The first-order valence-electron chi connectivity index (χ1n) is 20.4. The van der Waals surface area contributed by atoms with Crippen LogP contribution in [0.2, 0.25) is 0 Å².